The molecule has 0 bridgehead atoms. The third-order valence-electron chi connectivity index (χ3n) is 3.54. The second kappa shape index (κ2) is 4.65. The third-order valence-corrected chi connectivity index (χ3v) is 3.85. The highest BCUT2D eigenvalue weighted by molar-refractivity contribution is 6.30. The Balaban J connectivity index is 2.23. The average molecular weight is 257 g/mol. The lowest BCUT2D eigenvalue weighted by Crippen LogP contribution is -2.30. The Hall–Kier alpha value is -1.09. The Morgan fingerprint density at radius 2 is 2.06 bits per heavy atom. The maximum absolute atomic E-state index is 13.3. The zero-order valence-electron chi connectivity index (χ0n) is 9.38. The van der Waals surface area contributed by atoms with Crippen LogP contribution in [0.15, 0.2) is 18.2 Å². The van der Waals surface area contributed by atoms with Crippen LogP contribution >= 0.6 is 11.6 Å². The first-order valence-corrected chi connectivity index (χ1v) is 6.09. The SMILES string of the molecule is O=C(O)C1(Cc2ccc(Cl)c(F)c2)CCCC1. The van der Waals surface area contributed by atoms with E-state index >= 15 is 0 Å². The minimum absolute atomic E-state index is 0.0737. The van der Waals surface area contributed by atoms with Gasteiger partial charge >= 0.3 is 5.97 Å². The Kier molecular flexibility index (Phi) is 3.38. The summed E-state index contributed by atoms with van der Waals surface area (Å²) in [6, 6.07) is 4.52. The van der Waals surface area contributed by atoms with Crippen molar-refractivity contribution in [3.8, 4) is 0 Å². The van der Waals surface area contributed by atoms with E-state index in [1.165, 1.54) is 12.1 Å². The molecule has 1 N–H and O–H groups in total. The lowest BCUT2D eigenvalue weighted by atomic mass is 9.80. The van der Waals surface area contributed by atoms with Crippen LogP contribution in [0.2, 0.25) is 5.02 Å². The van der Waals surface area contributed by atoms with Crippen molar-refractivity contribution in [1.82, 2.24) is 0 Å². The number of benzene rings is 1. The summed E-state index contributed by atoms with van der Waals surface area (Å²) in [5.74, 6) is -1.26. The van der Waals surface area contributed by atoms with Gasteiger partial charge in [0.2, 0.25) is 0 Å². The summed E-state index contributed by atoms with van der Waals surface area (Å²) < 4.78 is 13.3. The van der Waals surface area contributed by atoms with Crippen molar-refractivity contribution in [2.24, 2.45) is 5.41 Å². The van der Waals surface area contributed by atoms with Gasteiger partial charge in [-0.05, 0) is 37.0 Å². The molecule has 0 spiro atoms. The number of hydrogen-bond donors (Lipinski definition) is 1. The molecule has 1 aromatic carbocycles. The van der Waals surface area contributed by atoms with Crippen LogP contribution in [0.5, 0.6) is 0 Å². The van der Waals surface area contributed by atoms with Crippen molar-refractivity contribution in [3.63, 3.8) is 0 Å². The Bertz CT molecular complexity index is 439. The normalized spacial score (nSPS) is 18.2. The van der Waals surface area contributed by atoms with Crippen LogP contribution in [0.4, 0.5) is 4.39 Å². The Morgan fingerprint density at radius 1 is 1.41 bits per heavy atom. The fourth-order valence-electron chi connectivity index (χ4n) is 2.56. The molecule has 4 heteroatoms. The lowest BCUT2D eigenvalue weighted by Gasteiger charge is -2.23. The molecule has 1 aliphatic carbocycles. The van der Waals surface area contributed by atoms with Crippen molar-refractivity contribution in [2.45, 2.75) is 32.1 Å². The summed E-state index contributed by atoms with van der Waals surface area (Å²) in [6.07, 6.45) is 3.60. The van der Waals surface area contributed by atoms with E-state index in [1.807, 2.05) is 0 Å². The molecule has 17 heavy (non-hydrogen) atoms. The van der Waals surface area contributed by atoms with Crippen molar-refractivity contribution in [2.75, 3.05) is 0 Å². The molecule has 2 rings (SSSR count). The monoisotopic (exact) mass is 256 g/mol. The second-order valence-corrected chi connectivity index (χ2v) is 5.13. The van der Waals surface area contributed by atoms with E-state index in [1.54, 1.807) is 6.07 Å². The number of carboxylic acid groups (broad SMARTS) is 1. The topological polar surface area (TPSA) is 37.3 Å². The minimum atomic E-state index is -0.773. The summed E-state index contributed by atoms with van der Waals surface area (Å²) in [4.78, 5) is 11.4. The summed E-state index contributed by atoms with van der Waals surface area (Å²) in [5.41, 5.74) is -0.00325. The van der Waals surface area contributed by atoms with Crippen molar-refractivity contribution >= 4 is 17.6 Å². The van der Waals surface area contributed by atoms with Crippen LogP contribution in [0.1, 0.15) is 31.2 Å². The van der Waals surface area contributed by atoms with Crippen LogP contribution < -0.4 is 0 Å². The predicted molar refractivity (Wildman–Crippen MR) is 63.7 cm³/mol. The molecule has 0 atom stereocenters. The molecule has 0 saturated heterocycles. The zero-order chi connectivity index (χ0) is 12.5. The standard InChI is InChI=1S/C13H14ClFO2/c14-10-4-3-9(7-11(10)15)8-13(12(16)17)5-1-2-6-13/h3-4,7H,1-2,5-6,8H2,(H,16,17). The molecule has 92 valence electrons. The number of carbonyl (C=O) groups is 1. The van der Waals surface area contributed by atoms with E-state index in [0.717, 1.165) is 12.8 Å². The number of halogens is 2. The Labute approximate surface area is 104 Å². The summed E-state index contributed by atoms with van der Waals surface area (Å²) in [7, 11) is 0. The number of carboxylic acids is 1. The van der Waals surface area contributed by atoms with E-state index in [-0.39, 0.29) is 5.02 Å². The van der Waals surface area contributed by atoms with Gasteiger partial charge in [0.05, 0.1) is 10.4 Å². The molecule has 1 saturated carbocycles. The van der Waals surface area contributed by atoms with Crippen LogP contribution in [0, 0.1) is 11.2 Å². The zero-order valence-corrected chi connectivity index (χ0v) is 10.1. The molecule has 0 unspecified atom stereocenters. The molecular formula is C13H14ClFO2. The van der Waals surface area contributed by atoms with Gasteiger partial charge in [0.1, 0.15) is 5.82 Å². The van der Waals surface area contributed by atoms with Crippen LogP contribution in [0.25, 0.3) is 0 Å². The first-order valence-electron chi connectivity index (χ1n) is 5.71. The van der Waals surface area contributed by atoms with Crippen molar-refractivity contribution in [3.05, 3.63) is 34.6 Å². The summed E-state index contributed by atoms with van der Waals surface area (Å²) >= 11 is 5.60. The fraction of sp³-hybridized carbons (Fsp3) is 0.462. The van der Waals surface area contributed by atoms with E-state index in [4.69, 9.17) is 11.6 Å². The maximum atomic E-state index is 13.3. The first-order chi connectivity index (χ1) is 8.03. The maximum Gasteiger partial charge on any atom is 0.309 e. The second-order valence-electron chi connectivity index (χ2n) is 4.72. The van der Waals surface area contributed by atoms with E-state index in [9.17, 15) is 14.3 Å². The van der Waals surface area contributed by atoms with Crippen molar-refractivity contribution in [1.29, 1.82) is 0 Å². The summed E-state index contributed by atoms with van der Waals surface area (Å²) in [5, 5.41) is 9.40. The Morgan fingerprint density at radius 3 is 2.59 bits per heavy atom. The van der Waals surface area contributed by atoms with Gasteiger partial charge in [0.25, 0.3) is 0 Å². The molecule has 1 aliphatic rings. The molecule has 1 fully saturated rings. The molecule has 1 aromatic rings. The number of rotatable bonds is 3. The van der Waals surface area contributed by atoms with Crippen LogP contribution in [-0.2, 0) is 11.2 Å². The average Bonchev–Trinajstić information content (AvgIpc) is 2.73. The first kappa shape index (κ1) is 12.4. The van der Waals surface area contributed by atoms with Crippen molar-refractivity contribution < 1.29 is 14.3 Å². The molecule has 2 nitrogen and oxygen atoms in total. The highest BCUT2D eigenvalue weighted by atomic mass is 35.5. The quantitative estimate of drug-likeness (QED) is 0.896. The fourth-order valence-corrected chi connectivity index (χ4v) is 2.68. The minimum Gasteiger partial charge on any atom is -0.481 e. The largest absolute Gasteiger partial charge is 0.481 e. The van der Waals surface area contributed by atoms with Crippen LogP contribution in [0.3, 0.4) is 0 Å². The van der Waals surface area contributed by atoms with Crippen LogP contribution in [-0.4, -0.2) is 11.1 Å². The van der Waals surface area contributed by atoms with E-state index in [2.05, 4.69) is 0 Å². The molecular weight excluding hydrogens is 243 g/mol. The van der Waals surface area contributed by atoms with Gasteiger partial charge in [-0.15, -0.1) is 0 Å². The highest BCUT2D eigenvalue weighted by Gasteiger charge is 2.41. The predicted octanol–water partition coefficient (Wildman–Crippen LogP) is 3.67. The van der Waals surface area contributed by atoms with Gasteiger partial charge in [-0.2, -0.15) is 0 Å². The van der Waals surface area contributed by atoms with Gasteiger partial charge in [-0.3, -0.25) is 4.79 Å². The molecule has 0 aromatic heterocycles. The molecule has 0 amide bonds. The lowest BCUT2D eigenvalue weighted by molar-refractivity contribution is -0.148. The molecule has 0 aliphatic heterocycles. The van der Waals surface area contributed by atoms with Gasteiger partial charge in [0.15, 0.2) is 0 Å². The smallest absolute Gasteiger partial charge is 0.309 e. The molecule has 0 radical (unpaired) electrons. The number of hydrogen-bond acceptors (Lipinski definition) is 1. The van der Waals surface area contributed by atoms with E-state index < -0.39 is 17.2 Å². The third kappa shape index (κ3) is 2.44. The van der Waals surface area contributed by atoms with Gasteiger partial charge in [-0.1, -0.05) is 30.5 Å². The molecule has 0 heterocycles. The highest BCUT2D eigenvalue weighted by Crippen LogP contribution is 2.41. The summed E-state index contributed by atoms with van der Waals surface area (Å²) in [6.45, 7) is 0. The van der Waals surface area contributed by atoms with Gasteiger partial charge in [-0.25, -0.2) is 4.39 Å². The van der Waals surface area contributed by atoms with E-state index in [0.29, 0.717) is 24.8 Å². The van der Waals surface area contributed by atoms with Gasteiger partial charge < -0.3 is 5.11 Å². The van der Waals surface area contributed by atoms with Gasteiger partial charge in [0, 0.05) is 0 Å². The number of aliphatic carboxylic acids is 1.